The maximum Gasteiger partial charge on any atom is 0.299 e. The summed E-state index contributed by atoms with van der Waals surface area (Å²) in [5.41, 5.74) is 2.25. The van der Waals surface area contributed by atoms with Crippen LogP contribution in [-0.2, 0) is 10.0 Å². The highest BCUT2D eigenvalue weighted by Gasteiger charge is 2.13. The minimum absolute atomic E-state index is 0.0671. The van der Waals surface area contributed by atoms with E-state index in [0.29, 0.717) is 11.1 Å². The molecular formula is C16H13N3O2S. The van der Waals surface area contributed by atoms with Crippen molar-refractivity contribution in [1.82, 2.24) is 9.97 Å². The highest BCUT2D eigenvalue weighted by Crippen LogP contribution is 2.15. The van der Waals surface area contributed by atoms with Crippen LogP contribution in [0.5, 0.6) is 0 Å². The second kappa shape index (κ2) is 5.65. The van der Waals surface area contributed by atoms with Crippen molar-refractivity contribution < 1.29 is 8.42 Å². The first kappa shape index (κ1) is 14.3. The fourth-order valence-corrected chi connectivity index (χ4v) is 2.81. The van der Waals surface area contributed by atoms with Crippen LogP contribution in [0.2, 0.25) is 0 Å². The molecule has 0 atom stereocenters. The molecule has 0 N–H and O–H groups in total. The van der Waals surface area contributed by atoms with Crippen LogP contribution < -0.4 is 0 Å². The second-order valence-electron chi connectivity index (χ2n) is 4.81. The van der Waals surface area contributed by atoms with Gasteiger partial charge < -0.3 is 0 Å². The lowest BCUT2D eigenvalue weighted by Crippen LogP contribution is -2.01. The van der Waals surface area contributed by atoms with Gasteiger partial charge in [0.2, 0.25) is 0 Å². The minimum atomic E-state index is -3.81. The Balaban J connectivity index is 2.00. The molecule has 0 radical (unpaired) electrons. The van der Waals surface area contributed by atoms with E-state index in [2.05, 4.69) is 14.4 Å². The van der Waals surface area contributed by atoms with E-state index in [9.17, 15) is 8.42 Å². The van der Waals surface area contributed by atoms with Crippen molar-refractivity contribution in [1.29, 1.82) is 0 Å². The molecule has 2 aromatic heterocycles. The lowest BCUT2D eigenvalue weighted by atomic mass is 10.1. The largest absolute Gasteiger partial charge is 0.299 e. The van der Waals surface area contributed by atoms with E-state index in [1.165, 1.54) is 18.5 Å². The smallest absolute Gasteiger partial charge is 0.256 e. The molecule has 2 heterocycles. The Bertz CT molecular complexity index is 943. The number of fused-ring (bicyclic) bond motifs is 1. The van der Waals surface area contributed by atoms with E-state index < -0.39 is 10.0 Å². The average molecular weight is 311 g/mol. The number of hydrogen-bond acceptors (Lipinski definition) is 4. The summed E-state index contributed by atoms with van der Waals surface area (Å²) in [6.45, 7) is 1.84. The third-order valence-corrected chi connectivity index (χ3v) is 4.30. The number of rotatable bonds is 3. The van der Waals surface area contributed by atoms with Gasteiger partial charge in [0.1, 0.15) is 0 Å². The summed E-state index contributed by atoms with van der Waals surface area (Å²) in [5, 5.41) is 0.861. The van der Waals surface area contributed by atoms with Gasteiger partial charge in [0.15, 0.2) is 5.03 Å². The van der Waals surface area contributed by atoms with Crippen LogP contribution in [0.25, 0.3) is 10.9 Å². The Labute approximate surface area is 128 Å². The summed E-state index contributed by atoms with van der Waals surface area (Å²) in [6.07, 6.45) is 4.48. The topological polar surface area (TPSA) is 72.3 Å². The van der Waals surface area contributed by atoms with Crippen molar-refractivity contribution >= 4 is 27.1 Å². The number of sulfonamides is 1. The predicted octanol–water partition coefficient (Wildman–Crippen LogP) is 2.75. The SMILES string of the molecule is Cc1ccc(S(=O)(=O)N=Cc2cccc3cccnc23)nc1. The molecule has 0 aliphatic heterocycles. The second-order valence-corrected chi connectivity index (χ2v) is 6.38. The van der Waals surface area contributed by atoms with Crippen molar-refractivity contribution in [3.8, 4) is 0 Å². The van der Waals surface area contributed by atoms with Gasteiger partial charge in [0.05, 0.1) is 5.52 Å². The Kier molecular flexibility index (Phi) is 3.68. The summed E-state index contributed by atoms with van der Waals surface area (Å²) in [5.74, 6) is 0. The summed E-state index contributed by atoms with van der Waals surface area (Å²) < 4.78 is 28.1. The van der Waals surface area contributed by atoms with Crippen LogP contribution in [0.1, 0.15) is 11.1 Å². The van der Waals surface area contributed by atoms with Gasteiger partial charge in [-0.2, -0.15) is 12.8 Å². The molecule has 0 bridgehead atoms. The number of para-hydroxylation sites is 1. The normalized spacial score (nSPS) is 12.0. The van der Waals surface area contributed by atoms with Crippen molar-refractivity contribution in [3.63, 3.8) is 0 Å². The Morgan fingerprint density at radius 2 is 1.86 bits per heavy atom. The third-order valence-electron chi connectivity index (χ3n) is 3.14. The van der Waals surface area contributed by atoms with E-state index in [-0.39, 0.29) is 5.03 Å². The number of benzene rings is 1. The number of hydrogen-bond donors (Lipinski definition) is 0. The fourth-order valence-electron chi connectivity index (χ4n) is 2.02. The highest BCUT2D eigenvalue weighted by atomic mass is 32.2. The zero-order chi connectivity index (χ0) is 15.6. The van der Waals surface area contributed by atoms with Crippen molar-refractivity contribution in [2.24, 2.45) is 4.40 Å². The van der Waals surface area contributed by atoms with Gasteiger partial charge in [0.25, 0.3) is 10.0 Å². The number of pyridine rings is 2. The maximum absolute atomic E-state index is 12.2. The molecule has 0 saturated carbocycles. The zero-order valence-electron chi connectivity index (χ0n) is 11.8. The third kappa shape index (κ3) is 2.87. The van der Waals surface area contributed by atoms with E-state index in [1.807, 2.05) is 31.2 Å². The molecule has 0 spiro atoms. The molecule has 0 amide bonds. The molecule has 0 fully saturated rings. The minimum Gasteiger partial charge on any atom is -0.256 e. The summed E-state index contributed by atoms with van der Waals surface area (Å²) in [6, 6.07) is 12.4. The fraction of sp³-hybridized carbons (Fsp3) is 0.0625. The molecule has 3 rings (SSSR count). The molecule has 0 aliphatic rings. The van der Waals surface area contributed by atoms with Crippen LogP contribution in [0.15, 0.2) is 64.3 Å². The van der Waals surface area contributed by atoms with E-state index in [1.54, 1.807) is 18.3 Å². The van der Waals surface area contributed by atoms with Gasteiger partial charge in [-0.25, -0.2) is 4.98 Å². The van der Waals surface area contributed by atoms with Gasteiger partial charge in [-0.05, 0) is 24.6 Å². The molecular weight excluding hydrogens is 298 g/mol. The zero-order valence-corrected chi connectivity index (χ0v) is 12.7. The molecule has 0 saturated heterocycles. The molecule has 1 aromatic carbocycles. The lowest BCUT2D eigenvalue weighted by molar-refractivity contribution is 0.594. The molecule has 0 aliphatic carbocycles. The Morgan fingerprint density at radius 1 is 1.05 bits per heavy atom. The van der Waals surface area contributed by atoms with Crippen molar-refractivity contribution in [2.75, 3.05) is 0 Å². The number of nitrogens with zero attached hydrogens (tertiary/aromatic N) is 3. The van der Waals surface area contributed by atoms with Crippen LogP contribution in [-0.4, -0.2) is 24.6 Å². The van der Waals surface area contributed by atoms with Crippen LogP contribution in [0.4, 0.5) is 0 Å². The summed E-state index contributed by atoms with van der Waals surface area (Å²) in [7, 11) is -3.81. The molecule has 5 nitrogen and oxygen atoms in total. The number of aromatic nitrogens is 2. The van der Waals surface area contributed by atoms with Gasteiger partial charge in [-0.1, -0.05) is 30.3 Å². The molecule has 22 heavy (non-hydrogen) atoms. The average Bonchev–Trinajstić information content (AvgIpc) is 2.53. The van der Waals surface area contributed by atoms with Gasteiger partial charge in [-0.15, -0.1) is 0 Å². The Morgan fingerprint density at radius 3 is 2.64 bits per heavy atom. The van der Waals surface area contributed by atoms with E-state index in [0.717, 1.165) is 10.9 Å². The highest BCUT2D eigenvalue weighted by molar-refractivity contribution is 7.90. The van der Waals surface area contributed by atoms with Gasteiger partial charge >= 0.3 is 0 Å². The Hall–Kier alpha value is -2.60. The van der Waals surface area contributed by atoms with Crippen molar-refractivity contribution in [3.05, 3.63) is 66.0 Å². The molecule has 0 unspecified atom stereocenters. The van der Waals surface area contributed by atoms with Gasteiger partial charge in [-0.3, -0.25) is 4.98 Å². The summed E-state index contributed by atoms with van der Waals surface area (Å²) >= 11 is 0. The van der Waals surface area contributed by atoms with Crippen LogP contribution in [0, 0.1) is 6.92 Å². The first-order chi connectivity index (χ1) is 10.6. The van der Waals surface area contributed by atoms with Crippen molar-refractivity contribution in [2.45, 2.75) is 11.9 Å². The maximum atomic E-state index is 12.2. The summed E-state index contributed by atoms with van der Waals surface area (Å²) in [4.78, 5) is 8.17. The van der Waals surface area contributed by atoms with E-state index in [4.69, 9.17) is 0 Å². The van der Waals surface area contributed by atoms with Crippen LogP contribution >= 0.6 is 0 Å². The first-order valence-electron chi connectivity index (χ1n) is 6.63. The van der Waals surface area contributed by atoms with Gasteiger partial charge in [0, 0.05) is 29.6 Å². The predicted molar refractivity (Wildman–Crippen MR) is 85.5 cm³/mol. The van der Waals surface area contributed by atoms with E-state index >= 15 is 0 Å². The standard InChI is InChI=1S/C16H13N3O2S/c1-12-7-8-15(18-10-12)22(20,21)19-11-14-5-2-4-13-6-3-9-17-16(13)14/h2-11H,1H3. The quantitative estimate of drug-likeness (QED) is 0.697. The number of aryl methyl sites for hydroxylation is 1. The molecule has 6 heteroatoms. The first-order valence-corrected chi connectivity index (χ1v) is 8.07. The monoisotopic (exact) mass is 311 g/mol. The lowest BCUT2D eigenvalue weighted by Gasteiger charge is -2.01. The van der Waals surface area contributed by atoms with Crippen LogP contribution in [0.3, 0.4) is 0 Å². The molecule has 3 aromatic rings. The molecule has 110 valence electrons.